The molecular weight excluding hydrogens is 196 g/mol. The molecule has 4 nitrogen and oxygen atoms in total. The first-order valence-corrected chi connectivity index (χ1v) is 5.28. The van der Waals surface area contributed by atoms with Gasteiger partial charge in [-0.25, -0.2) is 4.79 Å². The second-order valence-electron chi connectivity index (χ2n) is 4.70. The third-order valence-electron chi connectivity index (χ3n) is 2.38. The van der Waals surface area contributed by atoms with E-state index in [1.165, 1.54) is 0 Å². The van der Waals surface area contributed by atoms with Crippen molar-refractivity contribution in [3.05, 3.63) is 0 Å². The number of ether oxygens (including phenoxy) is 1. The summed E-state index contributed by atoms with van der Waals surface area (Å²) in [5, 5.41) is 18.4. The molecule has 0 amide bonds. The van der Waals surface area contributed by atoms with Crippen molar-refractivity contribution in [3.63, 3.8) is 0 Å². The molecule has 0 aliphatic carbocycles. The fraction of sp³-hybridized carbons (Fsp3) is 0.909. The van der Waals surface area contributed by atoms with Gasteiger partial charge >= 0.3 is 5.97 Å². The molecule has 0 heterocycles. The Kier molecular flexibility index (Phi) is 5.24. The number of carboxylic acid groups (broad SMARTS) is 1. The van der Waals surface area contributed by atoms with Gasteiger partial charge in [0.2, 0.25) is 0 Å². The smallest absolute Gasteiger partial charge is 0.335 e. The Morgan fingerprint density at radius 1 is 1.33 bits per heavy atom. The average Bonchev–Trinajstić information content (AvgIpc) is 2.01. The Bertz CT molecular complexity index is 213. The van der Waals surface area contributed by atoms with Gasteiger partial charge < -0.3 is 14.9 Å². The van der Waals surface area contributed by atoms with Crippen LogP contribution in [0.1, 0.15) is 41.0 Å². The van der Waals surface area contributed by atoms with Crippen molar-refractivity contribution < 1.29 is 19.7 Å². The Hall–Kier alpha value is -0.610. The predicted molar refractivity (Wildman–Crippen MR) is 57.7 cm³/mol. The fourth-order valence-corrected chi connectivity index (χ4v) is 1.47. The summed E-state index contributed by atoms with van der Waals surface area (Å²) in [7, 11) is 0. The van der Waals surface area contributed by atoms with Gasteiger partial charge in [0.25, 0.3) is 0 Å². The number of carbonyl (C=O) groups is 1. The van der Waals surface area contributed by atoms with Crippen molar-refractivity contribution in [1.29, 1.82) is 0 Å². The molecular formula is C11H22O4. The van der Waals surface area contributed by atoms with E-state index in [2.05, 4.69) is 0 Å². The molecule has 0 saturated carbocycles. The van der Waals surface area contributed by atoms with Gasteiger partial charge in [0.15, 0.2) is 5.60 Å². The van der Waals surface area contributed by atoms with Gasteiger partial charge in [-0.05, 0) is 33.1 Å². The van der Waals surface area contributed by atoms with E-state index in [1.807, 2.05) is 13.8 Å². The van der Waals surface area contributed by atoms with Crippen molar-refractivity contribution in [2.45, 2.75) is 58.8 Å². The molecule has 2 N–H and O–H groups in total. The van der Waals surface area contributed by atoms with Crippen molar-refractivity contribution >= 4 is 5.97 Å². The number of rotatable bonds is 6. The van der Waals surface area contributed by atoms with Crippen molar-refractivity contribution in [2.75, 3.05) is 0 Å². The molecule has 0 aromatic carbocycles. The Labute approximate surface area is 91.3 Å². The van der Waals surface area contributed by atoms with Gasteiger partial charge in [0.1, 0.15) is 0 Å². The maximum Gasteiger partial charge on any atom is 0.335 e. The molecule has 0 aliphatic heterocycles. The largest absolute Gasteiger partial charge is 0.479 e. The summed E-state index contributed by atoms with van der Waals surface area (Å²) in [5.74, 6) is -0.754. The quantitative estimate of drug-likeness (QED) is 0.711. The van der Waals surface area contributed by atoms with Crippen LogP contribution in [0.25, 0.3) is 0 Å². The molecule has 4 heteroatoms. The number of aliphatic carboxylic acids is 1. The van der Waals surface area contributed by atoms with Crippen molar-refractivity contribution in [3.8, 4) is 0 Å². The molecule has 3 unspecified atom stereocenters. The zero-order valence-electron chi connectivity index (χ0n) is 10.2. The normalized spacial score (nSPS) is 19.7. The van der Waals surface area contributed by atoms with Crippen molar-refractivity contribution in [1.82, 2.24) is 0 Å². The van der Waals surface area contributed by atoms with Gasteiger partial charge in [-0.15, -0.1) is 0 Å². The van der Waals surface area contributed by atoms with E-state index in [4.69, 9.17) is 9.84 Å². The first-order valence-electron chi connectivity index (χ1n) is 5.28. The molecule has 0 saturated heterocycles. The summed E-state index contributed by atoms with van der Waals surface area (Å²) in [6.45, 7) is 8.69. The van der Waals surface area contributed by atoms with E-state index in [1.54, 1.807) is 20.8 Å². The number of carboxylic acids is 1. The van der Waals surface area contributed by atoms with E-state index in [0.717, 1.165) is 0 Å². The molecule has 0 fully saturated rings. The highest BCUT2D eigenvalue weighted by molar-refractivity contribution is 5.76. The number of hydrogen-bond donors (Lipinski definition) is 2. The molecule has 0 spiro atoms. The molecule has 0 rings (SSSR count). The summed E-state index contributed by atoms with van der Waals surface area (Å²) >= 11 is 0. The molecule has 0 aromatic rings. The lowest BCUT2D eigenvalue weighted by molar-refractivity contribution is -0.179. The lowest BCUT2D eigenvalue weighted by Gasteiger charge is -2.31. The Morgan fingerprint density at radius 2 is 1.80 bits per heavy atom. The van der Waals surface area contributed by atoms with E-state index in [9.17, 15) is 9.90 Å². The van der Waals surface area contributed by atoms with Crippen LogP contribution in [0, 0.1) is 5.92 Å². The highest BCUT2D eigenvalue weighted by Crippen LogP contribution is 2.24. The fourth-order valence-electron chi connectivity index (χ4n) is 1.47. The Morgan fingerprint density at radius 3 is 2.07 bits per heavy atom. The second-order valence-corrected chi connectivity index (χ2v) is 4.70. The second kappa shape index (κ2) is 5.47. The first-order chi connectivity index (χ1) is 6.69. The summed E-state index contributed by atoms with van der Waals surface area (Å²) in [4.78, 5) is 11.1. The SMILES string of the molecule is CC(C)CC(C)(OC(C)C(C)O)C(=O)O. The van der Waals surface area contributed by atoms with Crippen LogP contribution in [0.4, 0.5) is 0 Å². The van der Waals surface area contributed by atoms with E-state index in [-0.39, 0.29) is 5.92 Å². The number of aliphatic hydroxyl groups is 1. The minimum Gasteiger partial charge on any atom is -0.479 e. The van der Waals surface area contributed by atoms with Crippen LogP contribution in [-0.2, 0) is 9.53 Å². The topological polar surface area (TPSA) is 66.8 Å². The first kappa shape index (κ1) is 14.4. The molecule has 90 valence electrons. The highest BCUT2D eigenvalue weighted by Gasteiger charge is 2.37. The van der Waals surface area contributed by atoms with Gasteiger partial charge in [-0.3, -0.25) is 0 Å². The van der Waals surface area contributed by atoms with Crippen LogP contribution in [0.3, 0.4) is 0 Å². The molecule has 3 atom stereocenters. The molecule has 0 aliphatic rings. The standard InChI is InChI=1S/C11H22O4/c1-7(2)6-11(5,10(13)14)15-9(4)8(3)12/h7-9,12H,6H2,1-5H3,(H,13,14). The molecule has 0 radical (unpaired) electrons. The van der Waals surface area contributed by atoms with Crippen LogP contribution >= 0.6 is 0 Å². The maximum atomic E-state index is 11.1. The number of aliphatic hydroxyl groups excluding tert-OH is 1. The lowest BCUT2D eigenvalue weighted by Crippen LogP contribution is -2.44. The Balaban J connectivity index is 4.58. The summed E-state index contributed by atoms with van der Waals surface area (Å²) in [6.07, 6.45) is -0.722. The minimum absolute atomic E-state index is 0.229. The van der Waals surface area contributed by atoms with Crippen LogP contribution in [0.2, 0.25) is 0 Å². The summed E-state index contributed by atoms with van der Waals surface area (Å²) < 4.78 is 5.42. The van der Waals surface area contributed by atoms with Crippen LogP contribution < -0.4 is 0 Å². The molecule has 0 bridgehead atoms. The van der Waals surface area contributed by atoms with Crippen molar-refractivity contribution in [2.24, 2.45) is 5.92 Å². The number of hydrogen-bond acceptors (Lipinski definition) is 3. The molecule has 0 aromatic heterocycles. The van der Waals surface area contributed by atoms with Gasteiger partial charge in [-0.1, -0.05) is 13.8 Å². The van der Waals surface area contributed by atoms with E-state index < -0.39 is 23.8 Å². The predicted octanol–water partition coefficient (Wildman–Crippen LogP) is 1.66. The van der Waals surface area contributed by atoms with Crippen LogP contribution in [0.15, 0.2) is 0 Å². The van der Waals surface area contributed by atoms with Crippen LogP contribution in [0.5, 0.6) is 0 Å². The van der Waals surface area contributed by atoms with E-state index >= 15 is 0 Å². The monoisotopic (exact) mass is 218 g/mol. The zero-order chi connectivity index (χ0) is 12.2. The van der Waals surface area contributed by atoms with Gasteiger partial charge in [0.05, 0.1) is 12.2 Å². The third-order valence-corrected chi connectivity index (χ3v) is 2.38. The van der Waals surface area contributed by atoms with Crippen LogP contribution in [-0.4, -0.2) is 34.0 Å². The summed E-state index contributed by atoms with van der Waals surface area (Å²) in [6, 6.07) is 0. The third kappa shape index (κ3) is 4.62. The molecule has 15 heavy (non-hydrogen) atoms. The van der Waals surface area contributed by atoms with Gasteiger partial charge in [0, 0.05) is 0 Å². The highest BCUT2D eigenvalue weighted by atomic mass is 16.5. The minimum atomic E-state index is -1.22. The average molecular weight is 218 g/mol. The lowest BCUT2D eigenvalue weighted by atomic mass is 9.94. The summed E-state index contributed by atoms with van der Waals surface area (Å²) in [5.41, 5.74) is -1.22. The van der Waals surface area contributed by atoms with Gasteiger partial charge in [-0.2, -0.15) is 0 Å². The maximum absolute atomic E-state index is 11.1. The zero-order valence-corrected chi connectivity index (χ0v) is 10.2. The van der Waals surface area contributed by atoms with E-state index in [0.29, 0.717) is 6.42 Å².